The van der Waals surface area contributed by atoms with Gasteiger partial charge in [0.15, 0.2) is 23.1 Å². The summed E-state index contributed by atoms with van der Waals surface area (Å²) in [5.74, 6) is 3.01. The summed E-state index contributed by atoms with van der Waals surface area (Å²) >= 11 is 0. The molecule has 2 aromatic heterocycles. The van der Waals surface area contributed by atoms with E-state index in [-0.39, 0.29) is 6.79 Å². The van der Waals surface area contributed by atoms with Crippen molar-refractivity contribution in [3.05, 3.63) is 48.9 Å². The molecule has 1 aromatic carbocycles. The van der Waals surface area contributed by atoms with Crippen molar-refractivity contribution in [1.29, 1.82) is 0 Å². The molecule has 0 fully saturated rings. The third kappa shape index (κ3) is 2.72. The first-order valence-electron chi connectivity index (χ1n) is 7.25. The molecular weight excluding hydrogens is 308 g/mol. The van der Waals surface area contributed by atoms with Crippen LogP contribution >= 0.6 is 0 Å². The van der Waals surface area contributed by atoms with Gasteiger partial charge < -0.3 is 25.8 Å². The summed E-state index contributed by atoms with van der Waals surface area (Å²) in [6, 6.07) is 11.1. The Hall–Kier alpha value is -3.55. The second-order valence-electron chi connectivity index (χ2n) is 5.02. The highest BCUT2D eigenvalue weighted by atomic mass is 16.7. The van der Waals surface area contributed by atoms with Crippen LogP contribution in [0.5, 0.6) is 11.5 Å². The summed E-state index contributed by atoms with van der Waals surface area (Å²) in [4.78, 5) is 12.5. The molecule has 24 heavy (non-hydrogen) atoms. The summed E-state index contributed by atoms with van der Waals surface area (Å²) in [5.41, 5.74) is 7.33. The van der Waals surface area contributed by atoms with Gasteiger partial charge in [-0.3, -0.25) is 0 Å². The molecule has 3 heterocycles. The monoisotopic (exact) mass is 322 g/mol. The molecule has 0 atom stereocenters. The van der Waals surface area contributed by atoms with Crippen LogP contribution < -0.4 is 25.8 Å². The van der Waals surface area contributed by atoms with Crippen LogP contribution in [0.25, 0.3) is 0 Å². The Balaban J connectivity index is 1.58. The molecule has 8 nitrogen and oxygen atoms in total. The van der Waals surface area contributed by atoms with Gasteiger partial charge in [-0.05, 0) is 24.3 Å². The first-order valence-corrected chi connectivity index (χ1v) is 7.25. The molecule has 0 spiro atoms. The van der Waals surface area contributed by atoms with Gasteiger partial charge in [0.05, 0.1) is 0 Å². The number of ether oxygens (including phenoxy) is 2. The lowest BCUT2D eigenvalue weighted by atomic mass is 10.2. The highest BCUT2D eigenvalue weighted by molar-refractivity contribution is 5.80. The zero-order chi connectivity index (χ0) is 16.4. The number of benzene rings is 1. The average Bonchev–Trinajstić information content (AvgIpc) is 3.07. The molecular formula is C16H14N6O2. The lowest BCUT2D eigenvalue weighted by Gasteiger charge is -2.12. The van der Waals surface area contributed by atoms with E-state index >= 15 is 0 Å². The van der Waals surface area contributed by atoms with Gasteiger partial charge in [-0.25, -0.2) is 15.0 Å². The molecule has 4 N–H and O–H groups in total. The number of hydrogen-bond donors (Lipinski definition) is 3. The number of fused-ring (bicyclic) bond motifs is 1. The zero-order valence-corrected chi connectivity index (χ0v) is 12.6. The van der Waals surface area contributed by atoms with Crippen molar-refractivity contribution >= 4 is 28.8 Å². The van der Waals surface area contributed by atoms with E-state index in [1.54, 1.807) is 6.20 Å². The van der Waals surface area contributed by atoms with E-state index in [2.05, 4.69) is 25.6 Å². The Morgan fingerprint density at radius 1 is 0.917 bits per heavy atom. The van der Waals surface area contributed by atoms with Crippen molar-refractivity contribution in [3.8, 4) is 11.5 Å². The molecule has 4 rings (SSSR count). The molecule has 0 radical (unpaired) electrons. The summed E-state index contributed by atoms with van der Waals surface area (Å²) < 4.78 is 10.7. The highest BCUT2D eigenvalue weighted by Crippen LogP contribution is 2.36. The number of anilines is 5. The highest BCUT2D eigenvalue weighted by Gasteiger charge is 2.14. The van der Waals surface area contributed by atoms with E-state index in [1.807, 2.05) is 36.4 Å². The van der Waals surface area contributed by atoms with Gasteiger partial charge in [-0.15, -0.1) is 0 Å². The van der Waals surface area contributed by atoms with Crippen LogP contribution in [0.15, 0.2) is 48.9 Å². The van der Waals surface area contributed by atoms with Crippen LogP contribution in [-0.2, 0) is 0 Å². The minimum absolute atomic E-state index is 0.229. The summed E-state index contributed by atoms with van der Waals surface area (Å²) in [6.07, 6.45) is 3.11. The lowest BCUT2D eigenvalue weighted by molar-refractivity contribution is 0.174. The predicted octanol–water partition coefficient (Wildman–Crippen LogP) is 2.67. The summed E-state index contributed by atoms with van der Waals surface area (Å²) in [7, 11) is 0. The molecule has 0 saturated heterocycles. The number of pyridine rings is 1. The van der Waals surface area contributed by atoms with Crippen LogP contribution in [0.3, 0.4) is 0 Å². The zero-order valence-electron chi connectivity index (χ0n) is 12.6. The largest absolute Gasteiger partial charge is 0.454 e. The Labute approximate surface area is 137 Å². The fourth-order valence-corrected chi connectivity index (χ4v) is 2.26. The van der Waals surface area contributed by atoms with Crippen molar-refractivity contribution in [2.75, 3.05) is 23.2 Å². The van der Waals surface area contributed by atoms with E-state index < -0.39 is 0 Å². The minimum Gasteiger partial charge on any atom is -0.454 e. The SMILES string of the molecule is Nc1c(Nc2ccc3c(c2)OCO3)ncnc1Nc1ccccn1. The molecule has 0 aliphatic carbocycles. The molecule has 120 valence electrons. The Morgan fingerprint density at radius 2 is 1.75 bits per heavy atom. The van der Waals surface area contributed by atoms with Crippen LogP contribution in [0.1, 0.15) is 0 Å². The van der Waals surface area contributed by atoms with E-state index in [0.717, 1.165) is 5.69 Å². The quantitative estimate of drug-likeness (QED) is 0.673. The smallest absolute Gasteiger partial charge is 0.231 e. The van der Waals surface area contributed by atoms with E-state index in [4.69, 9.17) is 15.2 Å². The molecule has 0 amide bonds. The number of nitrogens with zero attached hydrogens (tertiary/aromatic N) is 3. The maximum absolute atomic E-state index is 6.16. The van der Waals surface area contributed by atoms with Crippen molar-refractivity contribution in [3.63, 3.8) is 0 Å². The van der Waals surface area contributed by atoms with Crippen LogP contribution in [0.4, 0.5) is 28.8 Å². The Bertz CT molecular complexity index is 872. The molecule has 8 heteroatoms. The summed E-state index contributed by atoms with van der Waals surface area (Å²) in [5, 5.41) is 6.22. The number of nitrogens with two attached hydrogens (primary N) is 1. The molecule has 0 unspecified atom stereocenters. The molecule has 1 aliphatic heterocycles. The number of hydrogen-bond acceptors (Lipinski definition) is 8. The average molecular weight is 322 g/mol. The number of nitrogen functional groups attached to an aromatic ring is 1. The first kappa shape index (κ1) is 14.1. The number of nitrogens with one attached hydrogen (secondary N) is 2. The van der Waals surface area contributed by atoms with Gasteiger partial charge in [0.2, 0.25) is 6.79 Å². The van der Waals surface area contributed by atoms with Gasteiger partial charge in [0.25, 0.3) is 0 Å². The number of aromatic nitrogens is 3. The lowest BCUT2D eigenvalue weighted by Crippen LogP contribution is -2.05. The second-order valence-corrected chi connectivity index (χ2v) is 5.02. The molecule has 0 saturated carbocycles. The topological polar surface area (TPSA) is 107 Å². The fraction of sp³-hybridized carbons (Fsp3) is 0.0625. The van der Waals surface area contributed by atoms with Crippen LogP contribution in [-0.4, -0.2) is 21.7 Å². The molecule has 0 bridgehead atoms. The van der Waals surface area contributed by atoms with Crippen molar-refractivity contribution in [1.82, 2.24) is 15.0 Å². The van der Waals surface area contributed by atoms with Gasteiger partial charge in [0.1, 0.15) is 17.8 Å². The van der Waals surface area contributed by atoms with Gasteiger partial charge in [-0.2, -0.15) is 0 Å². The molecule has 3 aromatic rings. The van der Waals surface area contributed by atoms with Crippen molar-refractivity contribution < 1.29 is 9.47 Å². The second kappa shape index (κ2) is 5.92. The normalized spacial score (nSPS) is 12.0. The third-order valence-electron chi connectivity index (χ3n) is 3.43. The first-order chi connectivity index (χ1) is 11.8. The van der Waals surface area contributed by atoms with E-state index in [1.165, 1.54) is 6.33 Å². The van der Waals surface area contributed by atoms with Gasteiger partial charge >= 0.3 is 0 Å². The van der Waals surface area contributed by atoms with Gasteiger partial charge in [0, 0.05) is 18.0 Å². The van der Waals surface area contributed by atoms with Crippen molar-refractivity contribution in [2.45, 2.75) is 0 Å². The standard InChI is InChI=1S/C16H14N6O2/c17-14-15(21-10-4-5-11-12(7-10)24-9-23-11)19-8-20-16(14)22-13-3-1-2-6-18-13/h1-8H,9,17H2,(H2,18,19,20,21,22). The number of rotatable bonds is 4. The van der Waals surface area contributed by atoms with E-state index in [0.29, 0.717) is 34.6 Å². The Kier molecular flexibility index (Phi) is 3.47. The third-order valence-corrected chi connectivity index (χ3v) is 3.43. The minimum atomic E-state index is 0.229. The van der Waals surface area contributed by atoms with Gasteiger partial charge in [-0.1, -0.05) is 6.07 Å². The maximum atomic E-state index is 6.16. The van der Waals surface area contributed by atoms with Crippen LogP contribution in [0, 0.1) is 0 Å². The van der Waals surface area contributed by atoms with Crippen molar-refractivity contribution in [2.24, 2.45) is 0 Å². The summed E-state index contributed by atoms with van der Waals surface area (Å²) in [6.45, 7) is 0.229. The Morgan fingerprint density at radius 3 is 2.58 bits per heavy atom. The maximum Gasteiger partial charge on any atom is 0.231 e. The van der Waals surface area contributed by atoms with E-state index in [9.17, 15) is 0 Å². The molecule has 1 aliphatic rings. The van der Waals surface area contributed by atoms with Crippen LogP contribution in [0.2, 0.25) is 0 Å². The fourth-order valence-electron chi connectivity index (χ4n) is 2.26. The predicted molar refractivity (Wildman–Crippen MR) is 89.8 cm³/mol.